The number of amides is 2. The van der Waals surface area contributed by atoms with Gasteiger partial charge in [0.25, 0.3) is 0 Å². The van der Waals surface area contributed by atoms with Crippen molar-refractivity contribution in [3.05, 3.63) is 75.0 Å². The van der Waals surface area contributed by atoms with Crippen LogP contribution in [0.2, 0.25) is 15.1 Å². The van der Waals surface area contributed by atoms with Gasteiger partial charge in [-0.25, -0.2) is 9.48 Å². The Kier molecular flexibility index (Phi) is 8.91. The molecule has 0 bridgehead atoms. The third-order valence-electron chi connectivity index (χ3n) is 7.06. The van der Waals surface area contributed by atoms with Crippen LogP contribution in [0.3, 0.4) is 0 Å². The Hall–Kier alpha value is -2.65. The summed E-state index contributed by atoms with van der Waals surface area (Å²) in [5.41, 5.74) is 0.927. The van der Waals surface area contributed by atoms with E-state index in [-0.39, 0.29) is 17.5 Å². The fourth-order valence-electron chi connectivity index (χ4n) is 4.70. The summed E-state index contributed by atoms with van der Waals surface area (Å²) in [6.07, 6.45) is 4.08. The third-order valence-corrected chi connectivity index (χ3v) is 7.88. The fraction of sp³-hybridized carbons (Fsp3) is 0.429. The molecule has 1 aliphatic rings. The van der Waals surface area contributed by atoms with E-state index in [1.54, 1.807) is 30.3 Å². The highest BCUT2D eigenvalue weighted by atomic mass is 35.5. The minimum atomic E-state index is -0.475. The van der Waals surface area contributed by atoms with Crippen LogP contribution in [0, 0.1) is 5.41 Å². The number of carbonyl (C=O) groups is 1. The Bertz CT molecular complexity index is 1320. The Balaban J connectivity index is 1.49. The number of carbonyl (C=O) groups excluding carboxylic acids is 1. The van der Waals surface area contributed by atoms with E-state index >= 15 is 0 Å². The van der Waals surface area contributed by atoms with Crippen LogP contribution in [-0.4, -0.2) is 62.2 Å². The molecule has 0 spiro atoms. The van der Waals surface area contributed by atoms with Crippen LogP contribution >= 0.6 is 34.8 Å². The molecule has 11 heteroatoms. The van der Waals surface area contributed by atoms with Gasteiger partial charge in [0.1, 0.15) is 0 Å². The third kappa shape index (κ3) is 6.92. The van der Waals surface area contributed by atoms with Gasteiger partial charge in [-0.2, -0.15) is 0 Å². The first-order chi connectivity index (χ1) is 18.4. The van der Waals surface area contributed by atoms with Crippen molar-refractivity contribution in [3.63, 3.8) is 0 Å². The van der Waals surface area contributed by atoms with E-state index in [0.29, 0.717) is 46.9 Å². The summed E-state index contributed by atoms with van der Waals surface area (Å²) in [5, 5.41) is 17.7. The normalized spacial score (nSPS) is 16.1. The second kappa shape index (κ2) is 11.8. The van der Waals surface area contributed by atoms with Gasteiger partial charge in [-0.05, 0) is 71.7 Å². The standard InChI is InChI=1S/C28H34Cl3N7O/c1-27(2,3)24(13-7-19-6-8-21(30)18-23(19)31)38-25(33-34-35-38)28(4,5)37-16-14-36(15-17-37)26(39)32-22-11-9-20(29)10-12-22/h6-13,18,24H,14-17H2,1-5H3,(H,32,39)/b13-7+. The first kappa shape index (κ1) is 29.3. The van der Waals surface area contributed by atoms with Gasteiger partial charge in [-0.1, -0.05) is 73.8 Å². The van der Waals surface area contributed by atoms with E-state index < -0.39 is 5.54 Å². The van der Waals surface area contributed by atoms with Gasteiger partial charge in [0.05, 0.1) is 11.6 Å². The first-order valence-electron chi connectivity index (χ1n) is 12.8. The Morgan fingerprint density at radius 2 is 1.59 bits per heavy atom. The van der Waals surface area contributed by atoms with Crippen molar-refractivity contribution in [2.45, 2.75) is 46.2 Å². The van der Waals surface area contributed by atoms with Crippen LogP contribution in [-0.2, 0) is 5.54 Å². The molecule has 1 fully saturated rings. The van der Waals surface area contributed by atoms with Gasteiger partial charge in [0.15, 0.2) is 5.82 Å². The molecule has 1 aliphatic heterocycles. The lowest BCUT2D eigenvalue weighted by Gasteiger charge is -2.43. The van der Waals surface area contributed by atoms with Crippen LogP contribution in [0.1, 0.15) is 52.0 Å². The van der Waals surface area contributed by atoms with Crippen LogP contribution in [0.25, 0.3) is 6.08 Å². The summed E-state index contributed by atoms with van der Waals surface area (Å²) in [6, 6.07) is 12.3. The lowest BCUT2D eigenvalue weighted by molar-refractivity contribution is 0.0537. The van der Waals surface area contributed by atoms with Crippen molar-refractivity contribution >= 4 is 52.6 Å². The Morgan fingerprint density at radius 3 is 2.21 bits per heavy atom. The average molecular weight is 591 g/mol. The van der Waals surface area contributed by atoms with Crippen LogP contribution in [0.5, 0.6) is 0 Å². The maximum Gasteiger partial charge on any atom is 0.321 e. The van der Waals surface area contributed by atoms with Crippen molar-refractivity contribution in [3.8, 4) is 0 Å². The number of allylic oxidation sites excluding steroid dienone is 1. The molecule has 1 saturated heterocycles. The summed E-state index contributed by atoms with van der Waals surface area (Å²) in [5.74, 6) is 0.758. The molecule has 3 aromatic rings. The molecule has 1 unspecified atom stereocenters. The highest BCUT2D eigenvalue weighted by Gasteiger charge is 2.39. The van der Waals surface area contributed by atoms with Gasteiger partial charge < -0.3 is 10.2 Å². The summed E-state index contributed by atoms with van der Waals surface area (Å²) < 4.78 is 1.90. The lowest BCUT2D eigenvalue weighted by Crippen LogP contribution is -2.56. The van der Waals surface area contributed by atoms with E-state index in [4.69, 9.17) is 34.8 Å². The molecule has 8 nitrogen and oxygen atoms in total. The van der Waals surface area contributed by atoms with E-state index in [9.17, 15) is 4.79 Å². The maximum absolute atomic E-state index is 12.8. The second-order valence-corrected chi connectivity index (χ2v) is 12.5. The monoisotopic (exact) mass is 589 g/mol. The molecular weight excluding hydrogens is 557 g/mol. The number of rotatable bonds is 6. The smallest absolute Gasteiger partial charge is 0.321 e. The molecule has 1 N–H and O–H groups in total. The number of hydrogen-bond acceptors (Lipinski definition) is 5. The van der Waals surface area contributed by atoms with Crippen molar-refractivity contribution in [2.24, 2.45) is 5.41 Å². The number of halogens is 3. The van der Waals surface area contributed by atoms with Crippen molar-refractivity contribution in [1.82, 2.24) is 30.0 Å². The topological polar surface area (TPSA) is 79.2 Å². The Labute approximate surface area is 244 Å². The predicted octanol–water partition coefficient (Wildman–Crippen LogP) is 7.02. The summed E-state index contributed by atoms with van der Waals surface area (Å²) in [4.78, 5) is 17.0. The van der Waals surface area contributed by atoms with Gasteiger partial charge in [-0.3, -0.25) is 4.90 Å². The minimum absolute atomic E-state index is 0.126. The number of benzene rings is 2. The van der Waals surface area contributed by atoms with Crippen LogP contribution in [0.15, 0.2) is 48.5 Å². The SMILES string of the molecule is CC(C)(C)C(/C=C/c1ccc(Cl)cc1Cl)n1nnnc1C(C)(C)N1CCN(C(=O)Nc2ccc(Cl)cc2)CC1. The summed E-state index contributed by atoms with van der Waals surface area (Å²) in [6.45, 7) is 13.3. The van der Waals surface area contributed by atoms with Gasteiger partial charge in [-0.15, -0.1) is 5.10 Å². The largest absolute Gasteiger partial charge is 0.322 e. The fourth-order valence-corrected chi connectivity index (χ4v) is 5.30. The predicted molar refractivity (Wildman–Crippen MR) is 158 cm³/mol. The lowest BCUT2D eigenvalue weighted by atomic mass is 9.85. The number of tetrazole rings is 1. The molecule has 208 valence electrons. The highest BCUT2D eigenvalue weighted by molar-refractivity contribution is 6.35. The van der Waals surface area contributed by atoms with Crippen molar-refractivity contribution in [1.29, 1.82) is 0 Å². The molecule has 2 heterocycles. The number of anilines is 1. The van der Waals surface area contributed by atoms with Crippen molar-refractivity contribution in [2.75, 3.05) is 31.5 Å². The quantitative estimate of drug-likeness (QED) is 0.334. The zero-order chi connectivity index (χ0) is 28.4. The number of piperazine rings is 1. The van der Waals surface area contributed by atoms with Gasteiger partial charge in [0.2, 0.25) is 0 Å². The van der Waals surface area contributed by atoms with E-state index in [0.717, 1.165) is 11.4 Å². The van der Waals surface area contributed by atoms with E-state index in [1.807, 2.05) is 27.8 Å². The number of aromatic nitrogens is 4. The molecule has 1 atom stereocenters. The zero-order valence-corrected chi connectivity index (χ0v) is 25.1. The Morgan fingerprint density at radius 1 is 0.949 bits per heavy atom. The second-order valence-electron chi connectivity index (χ2n) is 11.3. The zero-order valence-electron chi connectivity index (χ0n) is 22.8. The number of hydrogen-bond donors (Lipinski definition) is 1. The minimum Gasteiger partial charge on any atom is -0.322 e. The number of nitrogens with one attached hydrogen (secondary N) is 1. The summed E-state index contributed by atoms with van der Waals surface area (Å²) >= 11 is 18.4. The van der Waals surface area contributed by atoms with Gasteiger partial charge >= 0.3 is 6.03 Å². The summed E-state index contributed by atoms with van der Waals surface area (Å²) in [7, 11) is 0. The first-order valence-corrected chi connectivity index (χ1v) is 14.0. The molecular formula is C28H34Cl3N7O. The average Bonchev–Trinajstić information content (AvgIpc) is 3.36. The maximum atomic E-state index is 12.8. The molecule has 1 aromatic heterocycles. The number of urea groups is 1. The van der Waals surface area contributed by atoms with Crippen molar-refractivity contribution < 1.29 is 4.79 Å². The highest BCUT2D eigenvalue weighted by Crippen LogP contribution is 2.36. The molecule has 0 saturated carbocycles. The number of nitrogens with zero attached hydrogens (tertiary/aromatic N) is 6. The molecule has 39 heavy (non-hydrogen) atoms. The molecule has 4 rings (SSSR count). The molecule has 0 aliphatic carbocycles. The molecule has 2 aromatic carbocycles. The van der Waals surface area contributed by atoms with Crippen LogP contribution in [0.4, 0.5) is 10.5 Å². The molecule has 0 radical (unpaired) electrons. The van der Waals surface area contributed by atoms with Crippen LogP contribution < -0.4 is 5.32 Å². The van der Waals surface area contributed by atoms with E-state index in [1.165, 1.54) is 0 Å². The van der Waals surface area contributed by atoms with Gasteiger partial charge in [0, 0.05) is 46.9 Å². The van der Waals surface area contributed by atoms with E-state index in [2.05, 4.69) is 66.4 Å². The molecule has 2 amide bonds.